The van der Waals surface area contributed by atoms with Gasteiger partial charge >= 0.3 is 0 Å². The van der Waals surface area contributed by atoms with Crippen LogP contribution in [0.4, 0.5) is 0 Å². The zero-order chi connectivity index (χ0) is 20.7. The van der Waals surface area contributed by atoms with Crippen molar-refractivity contribution in [3.05, 3.63) is 59.9 Å². The van der Waals surface area contributed by atoms with Crippen molar-refractivity contribution in [1.82, 2.24) is 15.2 Å². The van der Waals surface area contributed by atoms with E-state index >= 15 is 0 Å². The summed E-state index contributed by atoms with van der Waals surface area (Å²) in [6.45, 7) is 8.98. The molecule has 1 saturated heterocycles. The first-order chi connectivity index (χ1) is 13.9. The summed E-state index contributed by atoms with van der Waals surface area (Å²) in [5, 5.41) is 3.43. The molecule has 1 aliphatic rings. The molecule has 0 saturated carbocycles. The van der Waals surface area contributed by atoms with Gasteiger partial charge in [-0.1, -0.05) is 45.0 Å². The highest BCUT2D eigenvalue weighted by Gasteiger charge is 2.26. The normalized spacial score (nSPS) is 17.4. The van der Waals surface area contributed by atoms with Gasteiger partial charge in [0.15, 0.2) is 6.61 Å². The van der Waals surface area contributed by atoms with Crippen LogP contribution in [0, 0.1) is 0 Å². The van der Waals surface area contributed by atoms with Crippen LogP contribution in [0.25, 0.3) is 0 Å². The molecule has 29 heavy (non-hydrogen) atoms. The maximum Gasteiger partial charge on any atom is 0.261 e. The molecule has 1 fully saturated rings. The third-order valence-electron chi connectivity index (χ3n) is 5.41. The molecule has 0 aliphatic carbocycles. The second-order valence-electron chi connectivity index (χ2n) is 8.71. The van der Waals surface area contributed by atoms with Crippen molar-refractivity contribution in [3.63, 3.8) is 0 Å². The molecule has 1 unspecified atom stereocenters. The molecule has 2 aromatic rings. The van der Waals surface area contributed by atoms with Gasteiger partial charge in [0.05, 0.1) is 12.2 Å². The summed E-state index contributed by atoms with van der Waals surface area (Å²) < 4.78 is 6.04. The zero-order valence-corrected chi connectivity index (χ0v) is 17.9. The highest BCUT2D eigenvalue weighted by Crippen LogP contribution is 2.31. The molecule has 1 aromatic heterocycles. The highest BCUT2D eigenvalue weighted by atomic mass is 16.5. The molecular formula is C24H33N3O2. The number of hydrogen-bond acceptors (Lipinski definition) is 4. The Morgan fingerprint density at radius 1 is 1.14 bits per heavy atom. The van der Waals surface area contributed by atoms with Crippen LogP contribution in [-0.2, 0) is 16.8 Å². The number of carbonyl (C=O) groups excluding carboxylic acids is 1. The lowest BCUT2D eigenvalue weighted by Crippen LogP contribution is -2.43. The van der Waals surface area contributed by atoms with E-state index < -0.39 is 0 Å². The lowest BCUT2D eigenvalue weighted by molar-refractivity contribution is -0.136. The second kappa shape index (κ2) is 9.88. The molecule has 1 aliphatic heterocycles. The van der Waals surface area contributed by atoms with Crippen LogP contribution < -0.4 is 10.1 Å². The maximum absolute atomic E-state index is 13.2. The Bertz CT molecular complexity index is 778. The average molecular weight is 396 g/mol. The maximum atomic E-state index is 13.2. The number of hydrogen-bond donors (Lipinski definition) is 1. The van der Waals surface area contributed by atoms with E-state index in [1.54, 1.807) is 6.20 Å². The number of rotatable bonds is 6. The van der Waals surface area contributed by atoms with Crippen molar-refractivity contribution in [2.75, 3.05) is 19.7 Å². The van der Waals surface area contributed by atoms with E-state index in [0.717, 1.165) is 49.4 Å². The van der Waals surface area contributed by atoms with Gasteiger partial charge in [-0.15, -0.1) is 0 Å². The Morgan fingerprint density at radius 2 is 1.93 bits per heavy atom. The van der Waals surface area contributed by atoms with E-state index in [9.17, 15) is 4.79 Å². The molecule has 0 bridgehead atoms. The number of nitrogens with one attached hydrogen (secondary N) is 1. The fourth-order valence-corrected chi connectivity index (χ4v) is 3.83. The summed E-state index contributed by atoms with van der Waals surface area (Å²) in [6, 6.07) is 14.0. The van der Waals surface area contributed by atoms with E-state index in [4.69, 9.17) is 4.74 Å². The average Bonchev–Trinajstić information content (AvgIpc) is 3.00. The first kappa shape index (κ1) is 21.3. The van der Waals surface area contributed by atoms with Gasteiger partial charge in [-0.3, -0.25) is 9.78 Å². The first-order valence-electron chi connectivity index (χ1n) is 10.6. The second-order valence-corrected chi connectivity index (χ2v) is 8.71. The topological polar surface area (TPSA) is 54.5 Å². The Kier molecular flexibility index (Phi) is 7.26. The summed E-state index contributed by atoms with van der Waals surface area (Å²) in [5.74, 6) is 0.805. The number of pyridine rings is 1. The van der Waals surface area contributed by atoms with Crippen molar-refractivity contribution >= 4 is 5.91 Å². The largest absolute Gasteiger partial charge is 0.483 e. The number of amides is 1. The lowest BCUT2D eigenvalue weighted by atomic mass is 9.86. The van der Waals surface area contributed by atoms with Gasteiger partial charge in [0.1, 0.15) is 5.75 Å². The molecule has 2 heterocycles. The Labute approximate surface area is 174 Å². The lowest BCUT2D eigenvalue weighted by Gasteiger charge is -2.31. The predicted octanol–water partition coefficient (Wildman–Crippen LogP) is 3.93. The smallest absolute Gasteiger partial charge is 0.261 e. The molecular weight excluding hydrogens is 362 g/mol. The minimum Gasteiger partial charge on any atom is -0.483 e. The van der Waals surface area contributed by atoms with Crippen LogP contribution in [0.1, 0.15) is 51.3 Å². The third kappa shape index (κ3) is 6.04. The predicted molar refractivity (Wildman–Crippen MR) is 116 cm³/mol. The first-order valence-corrected chi connectivity index (χ1v) is 10.6. The number of carbonyl (C=O) groups is 1. The van der Waals surface area contributed by atoms with E-state index in [1.807, 2.05) is 41.3 Å². The number of ether oxygens (including phenoxy) is 1. The highest BCUT2D eigenvalue weighted by molar-refractivity contribution is 5.78. The molecule has 1 N–H and O–H groups in total. The van der Waals surface area contributed by atoms with Crippen molar-refractivity contribution in [3.8, 4) is 5.75 Å². The van der Waals surface area contributed by atoms with Crippen LogP contribution >= 0.6 is 0 Å². The molecule has 3 rings (SSSR count). The Hall–Kier alpha value is -2.40. The van der Waals surface area contributed by atoms with E-state index in [1.165, 1.54) is 0 Å². The van der Waals surface area contributed by atoms with E-state index in [2.05, 4.69) is 37.1 Å². The molecule has 0 radical (unpaired) electrons. The summed E-state index contributed by atoms with van der Waals surface area (Å²) in [6.07, 6.45) is 4.81. The van der Waals surface area contributed by atoms with E-state index in [0.29, 0.717) is 6.54 Å². The van der Waals surface area contributed by atoms with Crippen LogP contribution in [0.2, 0.25) is 0 Å². The summed E-state index contributed by atoms with van der Waals surface area (Å²) in [5.41, 5.74) is 1.98. The molecule has 0 spiro atoms. The molecule has 1 aromatic carbocycles. The van der Waals surface area contributed by atoms with Crippen molar-refractivity contribution < 1.29 is 9.53 Å². The van der Waals surface area contributed by atoms with Gasteiger partial charge in [0.2, 0.25) is 0 Å². The molecule has 156 valence electrons. The minimum atomic E-state index is -0.0414. The monoisotopic (exact) mass is 395 g/mol. The van der Waals surface area contributed by atoms with Gasteiger partial charge in [-0.05, 0) is 61.5 Å². The summed E-state index contributed by atoms with van der Waals surface area (Å²) in [7, 11) is 0. The number of nitrogens with zero attached hydrogens (tertiary/aromatic N) is 2. The van der Waals surface area contributed by atoms with Crippen molar-refractivity contribution in [2.45, 2.75) is 58.0 Å². The van der Waals surface area contributed by atoms with Gasteiger partial charge in [-0.2, -0.15) is 0 Å². The fourth-order valence-electron chi connectivity index (χ4n) is 3.83. The Balaban J connectivity index is 1.74. The van der Waals surface area contributed by atoms with Gasteiger partial charge in [-0.25, -0.2) is 0 Å². The summed E-state index contributed by atoms with van der Waals surface area (Å²) >= 11 is 0. The fraction of sp³-hybridized carbons (Fsp3) is 0.500. The van der Waals surface area contributed by atoms with Crippen LogP contribution in [-0.4, -0.2) is 41.5 Å². The number of aromatic nitrogens is 1. The Morgan fingerprint density at radius 3 is 2.69 bits per heavy atom. The number of benzene rings is 1. The van der Waals surface area contributed by atoms with Gasteiger partial charge in [0.25, 0.3) is 5.91 Å². The molecule has 5 nitrogen and oxygen atoms in total. The molecule has 1 atom stereocenters. The standard InChI is InChI=1S/C24H33N3O2/c1-24(2,3)21-11-4-5-12-22(21)29-18-23(28)27(17-19-9-6-7-15-26-19)20-10-8-14-25-16-13-20/h4-7,9,11-12,15,20,25H,8,10,13-14,16-18H2,1-3H3. The van der Waals surface area contributed by atoms with Crippen LogP contribution in [0.3, 0.4) is 0 Å². The van der Waals surface area contributed by atoms with Crippen molar-refractivity contribution in [1.29, 1.82) is 0 Å². The quantitative estimate of drug-likeness (QED) is 0.805. The van der Waals surface area contributed by atoms with E-state index in [-0.39, 0.29) is 24.0 Å². The van der Waals surface area contributed by atoms with Gasteiger partial charge < -0.3 is 15.0 Å². The minimum absolute atomic E-state index is 0.0197. The molecule has 5 heteroatoms. The third-order valence-corrected chi connectivity index (χ3v) is 5.41. The van der Waals surface area contributed by atoms with Crippen molar-refractivity contribution in [2.24, 2.45) is 0 Å². The zero-order valence-electron chi connectivity index (χ0n) is 17.9. The van der Waals surface area contributed by atoms with Crippen LogP contribution in [0.15, 0.2) is 48.7 Å². The van der Waals surface area contributed by atoms with Gasteiger partial charge in [0, 0.05) is 12.2 Å². The summed E-state index contributed by atoms with van der Waals surface area (Å²) in [4.78, 5) is 19.6. The van der Waals surface area contributed by atoms with Crippen LogP contribution in [0.5, 0.6) is 5.75 Å². The number of para-hydroxylation sites is 1. The molecule has 1 amide bonds. The SMILES string of the molecule is CC(C)(C)c1ccccc1OCC(=O)N(Cc1ccccn1)C1CCCNCC1.